The summed E-state index contributed by atoms with van der Waals surface area (Å²) in [5, 5.41) is 1.36. The van der Waals surface area contributed by atoms with Gasteiger partial charge in [0.1, 0.15) is 0 Å². The molecule has 1 heterocycles. The van der Waals surface area contributed by atoms with Crippen LogP contribution in [0.3, 0.4) is 0 Å². The highest BCUT2D eigenvalue weighted by Gasteiger charge is 2.23. The van der Waals surface area contributed by atoms with Gasteiger partial charge in [-0.1, -0.05) is 45.9 Å². The molecule has 1 atom stereocenters. The van der Waals surface area contributed by atoms with Gasteiger partial charge in [0.2, 0.25) is 0 Å². The summed E-state index contributed by atoms with van der Waals surface area (Å²) in [6.45, 7) is 9.17. The van der Waals surface area contributed by atoms with E-state index in [2.05, 4.69) is 63.1 Å². The lowest BCUT2D eigenvalue weighted by Crippen LogP contribution is -2.14. The number of fused-ring (bicyclic) bond motifs is 1. The lowest BCUT2D eigenvalue weighted by molar-refractivity contribution is 0.341. The summed E-state index contributed by atoms with van der Waals surface area (Å²) >= 11 is 0. The number of hydrogen-bond acceptors (Lipinski definition) is 0. The highest BCUT2D eigenvalue weighted by molar-refractivity contribution is 5.83. The Kier molecular flexibility index (Phi) is 2.34. The highest BCUT2D eigenvalue weighted by Crippen LogP contribution is 2.37. The fourth-order valence-electron chi connectivity index (χ4n) is 1.92. The minimum atomic E-state index is 0.310. The van der Waals surface area contributed by atoms with Crippen LogP contribution in [0, 0.1) is 5.41 Å². The summed E-state index contributed by atoms with van der Waals surface area (Å²) in [5.41, 5.74) is 2.98. The summed E-state index contributed by atoms with van der Waals surface area (Å²) in [5.74, 6) is 0.564. The predicted molar refractivity (Wildman–Crippen MR) is 66.2 cm³/mol. The standard InChI is InChI=1S/C14H19N/c1-10(14(2,3)4)12-9-15-13-8-6-5-7-11(12)13/h5-10,15H,1-4H3. The summed E-state index contributed by atoms with van der Waals surface area (Å²) in [4.78, 5) is 3.34. The van der Waals surface area contributed by atoms with Gasteiger partial charge in [0.05, 0.1) is 0 Å². The predicted octanol–water partition coefficient (Wildman–Crippen LogP) is 4.32. The van der Waals surface area contributed by atoms with Gasteiger partial charge in [-0.25, -0.2) is 0 Å². The molecule has 1 N–H and O–H groups in total. The number of hydrogen-bond donors (Lipinski definition) is 1. The number of para-hydroxylation sites is 1. The Morgan fingerprint density at radius 1 is 1.13 bits per heavy atom. The van der Waals surface area contributed by atoms with Crippen LogP contribution in [-0.2, 0) is 0 Å². The second-order valence-electron chi connectivity index (χ2n) is 5.38. The first-order valence-electron chi connectivity index (χ1n) is 5.56. The van der Waals surface area contributed by atoms with Crippen LogP contribution in [0.2, 0.25) is 0 Å². The minimum Gasteiger partial charge on any atom is -0.361 e. The quantitative estimate of drug-likeness (QED) is 0.707. The van der Waals surface area contributed by atoms with E-state index in [9.17, 15) is 0 Å². The molecule has 1 heteroatoms. The maximum atomic E-state index is 3.34. The Bertz CT molecular complexity index is 459. The number of nitrogens with one attached hydrogen (secondary N) is 1. The molecule has 0 bridgehead atoms. The molecule has 0 saturated heterocycles. The van der Waals surface area contributed by atoms with Crippen molar-refractivity contribution in [2.24, 2.45) is 5.41 Å². The Morgan fingerprint density at radius 2 is 1.80 bits per heavy atom. The van der Waals surface area contributed by atoms with Gasteiger partial charge in [-0.05, 0) is 23.0 Å². The number of aromatic nitrogens is 1. The van der Waals surface area contributed by atoms with Crippen LogP contribution in [0.25, 0.3) is 10.9 Å². The molecule has 15 heavy (non-hydrogen) atoms. The molecule has 0 aliphatic heterocycles. The molecule has 1 nitrogen and oxygen atoms in total. The summed E-state index contributed by atoms with van der Waals surface area (Å²) < 4.78 is 0. The Labute approximate surface area is 91.5 Å². The maximum Gasteiger partial charge on any atom is 0.0456 e. The highest BCUT2D eigenvalue weighted by atomic mass is 14.7. The fraction of sp³-hybridized carbons (Fsp3) is 0.429. The van der Waals surface area contributed by atoms with E-state index in [1.165, 1.54) is 16.5 Å². The molecular formula is C14H19N. The van der Waals surface area contributed by atoms with Crippen LogP contribution in [0.4, 0.5) is 0 Å². The molecule has 0 fully saturated rings. The monoisotopic (exact) mass is 201 g/mol. The number of aromatic amines is 1. The SMILES string of the molecule is CC(c1c[nH]c2ccccc12)C(C)(C)C. The summed E-state index contributed by atoms with van der Waals surface area (Å²) in [6.07, 6.45) is 2.15. The molecule has 0 amide bonds. The van der Waals surface area contributed by atoms with Crippen molar-refractivity contribution in [3.05, 3.63) is 36.0 Å². The molecule has 0 saturated carbocycles. The average molecular weight is 201 g/mol. The van der Waals surface area contributed by atoms with E-state index < -0.39 is 0 Å². The third-order valence-corrected chi connectivity index (χ3v) is 3.39. The van der Waals surface area contributed by atoms with Crippen molar-refractivity contribution in [2.75, 3.05) is 0 Å². The second-order valence-corrected chi connectivity index (χ2v) is 5.38. The van der Waals surface area contributed by atoms with Crippen molar-refractivity contribution in [3.63, 3.8) is 0 Å². The zero-order valence-corrected chi connectivity index (χ0v) is 9.96. The first-order valence-corrected chi connectivity index (χ1v) is 5.56. The second kappa shape index (κ2) is 3.41. The summed E-state index contributed by atoms with van der Waals surface area (Å²) in [6, 6.07) is 8.51. The van der Waals surface area contributed by atoms with Crippen LogP contribution in [0.5, 0.6) is 0 Å². The molecule has 0 radical (unpaired) electrons. The third-order valence-electron chi connectivity index (χ3n) is 3.39. The zero-order chi connectivity index (χ0) is 11.1. The van der Waals surface area contributed by atoms with E-state index in [1.54, 1.807) is 0 Å². The third kappa shape index (κ3) is 1.79. The van der Waals surface area contributed by atoms with E-state index in [1.807, 2.05) is 0 Å². The molecule has 1 aromatic heterocycles. The number of rotatable bonds is 1. The van der Waals surface area contributed by atoms with Crippen molar-refractivity contribution >= 4 is 10.9 Å². The molecule has 1 aromatic carbocycles. The molecule has 0 spiro atoms. The van der Waals surface area contributed by atoms with Crippen LogP contribution in [-0.4, -0.2) is 4.98 Å². The molecule has 0 aliphatic carbocycles. The van der Waals surface area contributed by atoms with Crippen molar-refractivity contribution < 1.29 is 0 Å². The minimum absolute atomic E-state index is 0.310. The van der Waals surface area contributed by atoms with E-state index in [-0.39, 0.29) is 0 Å². The van der Waals surface area contributed by atoms with Gasteiger partial charge in [-0.3, -0.25) is 0 Å². The van der Waals surface area contributed by atoms with Crippen LogP contribution < -0.4 is 0 Å². The molecule has 0 aliphatic rings. The molecular weight excluding hydrogens is 182 g/mol. The van der Waals surface area contributed by atoms with Crippen LogP contribution >= 0.6 is 0 Å². The largest absolute Gasteiger partial charge is 0.361 e. The van der Waals surface area contributed by atoms with Gasteiger partial charge in [0.25, 0.3) is 0 Å². The maximum absolute atomic E-state index is 3.34. The topological polar surface area (TPSA) is 15.8 Å². The van der Waals surface area contributed by atoms with Crippen molar-refractivity contribution in [1.82, 2.24) is 4.98 Å². The van der Waals surface area contributed by atoms with E-state index in [0.717, 1.165) is 0 Å². The molecule has 80 valence electrons. The van der Waals surface area contributed by atoms with Crippen molar-refractivity contribution in [1.29, 1.82) is 0 Å². The lowest BCUT2D eigenvalue weighted by Gasteiger charge is -2.27. The first-order chi connectivity index (χ1) is 7.00. The van der Waals surface area contributed by atoms with Gasteiger partial charge < -0.3 is 4.98 Å². The Morgan fingerprint density at radius 3 is 2.47 bits per heavy atom. The Hall–Kier alpha value is -1.24. The van der Waals surface area contributed by atoms with Gasteiger partial charge >= 0.3 is 0 Å². The number of H-pyrrole nitrogens is 1. The smallest absolute Gasteiger partial charge is 0.0456 e. The van der Waals surface area contributed by atoms with Crippen molar-refractivity contribution in [2.45, 2.75) is 33.6 Å². The number of benzene rings is 1. The lowest BCUT2D eigenvalue weighted by atomic mass is 9.78. The van der Waals surface area contributed by atoms with Crippen LogP contribution in [0.15, 0.2) is 30.5 Å². The van der Waals surface area contributed by atoms with Crippen molar-refractivity contribution in [3.8, 4) is 0 Å². The van der Waals surface area contributed by atoms with E-state index in [0.29, 0.717) is 11.3 Å². The van der Waals surface area contributed by atoms with Gasteiger partial charge in [-0.15, -0.1) is 0 Å². The Balaban J connectivity index is 2.53. The normalized spacial score (nSPS) is 14.4. The zero-order valence-electron chi connectivity index (χ0n) is 9.96. The first kappa shape index (κ1) is 10.3. The van der Waals surface area contributed by atoms with E-state index in [4.69, 9.17) is 0 Å². The molecule has 1 unspecified atom stereocenters. The average Bonchev–Trinajstić information content (AvgIpc) is 2.58. The van der Waals surface area contributed by atoms with E-state index >= 15 is 0 Å². The van der Waals surface area contributed by atoms with Gasteiger partial charge in [0.15, 0.2) is 0 Å². The fourth-order valence-corrected chi connectivity index (χ4v) is 1.92. The molecule has 2 rings (SSSR count). The van der Waals surface area contributed by atoms with Gasteiger partial charge in [0, 0.05) is 17.1 Å². The van der Waals surface area contributed by atoms with Gasteiger partial charge in [-0.2, -0.15) is 0 Å². The summed E-state index contributed by atoms with van der Waals surface area (Å²) in [7, 11) is 0. The molecule has 2 aromatic rings. The van der Waals surface area contributed by atoms with Crippen LogP contribution in [0.1, 0.15) is 39.2 Å².